The number of halogens is 1. The maximum Gasteiger partial charge on any atom is 0.348 e. The fourth-order valence-corrected chi connectivity index (χ4v) is 2.99. The highest BCUT2D eigenvalue weighted by Gasteiger charge is 2.32. The van der Waals surface area contributed by atoms with E-state index in [1.165, 1.54) is 0 Å². The summed E-state index contributed by atoms with van der Waals surface area (Å²) in [5.41, 5.74) is 1.41. The molecule has 1 aromatic rings. The van der Waals surface area contributed by atoms with Gasteiger partial charge in [0.25, 0.3) is 5.91 Å². The number of ether oxygens (including phenoxy) is 2. The van der Waals surface area contributed by atoms with Crippen LogP contribution in [0.5, 0.6) is 0 Å². The number of hydrogen-bond donors (Lipinski definition) is 1. The largest absolute Gasteiger partial charge is 0.427 e. The van der Waals surface area contributed by atoms with Crippen LogP contribution in [-0.4, -0.2) is 54.5 Å². The van der Waals surface area contributed by atoms with Gasteiger partial charge in [0.2, 0.25) is 6.29 Å². The number of esters is 1. The molecular formula is C15H14BrNO5. The van der Waals surface area contributed by atoms with E-state index in [0.29, 0.717) is 43.0 Å². The van der Waals surface area contributed by atoms with Crippen LogP contribution in [0.2, 0.25) is 0 Å². The number of rotatable bonds is 2. The van der Waals surface area contributed by atoms with Crippen molar-refractivity contribution in [2.24, 2.45) is 0 Å². The van der Waals surface area contributed by atoms with Gasteiger partial charge in [0.15, 0.2) is 0 Å². The first-order valence-corrected chi connectivity index (χ1v) is 7.63. The van der Waals surface area contributed by atoms with E-state index >= 15 is 0 Å². The standard InChI is InChI=1S/C15H14BrNO5/c16-12-11(14(19)22-15(12)20)9-2-1-3-10(8-9)13(18)17-4-6-21-7-5-17/h1-3,8,14,19H,4-7H2. The molecule has 1 aromatic carbocycles. The molecule has 116 valence electrons. The molecule has 0 aliphatic carbocycles. The van der Waals surface area contributed by atoms with E-state index in [-0.39, 0.29) is 10.4 Å². The molecule has 0 bridgehead atoms. The molecule has 0 saturated carbocycles. The second kappa shape index (κ2) is 6.20. The maximum absolute atomic E-state index is 12.5. The average Bonchev–Trinajstić information content (AvgIpc) is 2.80. The number of benzene rings is 1. The van der Waals surface area contributed by atoms with Gasteiger partial charge in [0.05, 0.1) is 13.2 Å². The van der Waals surface area contributed by atoms with Gasteiger partial charge in [-0.25, -0.2) is 4.79 Å². The number of cyclic esters (lactones) is 1. The third-order valence-electron chi connectivity index (χ3n) is 3.60. The molecule has 1 amide bonds. The first-order valence-electron chi connectivity index (χ1n) is 6.84. The quantitative estimate of drug-likeness (QED) is 0.793. The Morgan fingerprint density at radius 3 is 2.68 bits per heavy atom. The number of morpholine rings is 1. The third kappa shape index (κ3) is 2.79. The number of aliphatic hydroxyl groups excluding tert-OH is 1. The molecule has 2 heterocycles. The van der Waals surface area contributed by atoms with Crippen LogP contribution in [0.3, 0.4) is 0 Å². The zero-order valence-electron chi connectivity index (χ0n) is 11.6. The molecule has 3 rings (SSSR count). The fourth-order valence-electron chi connectivity index (χ4n) is 2.47. The van der Waals surface area contributed by atoms with Crippen molar-refractivity contribution in [2.45, 2.75) is 6.29 Å². The monoisotopic (exact) mass is 367 g/mol. The summed E-state index contributed by atoms with van der Waals surface area (Å²) < 4.78 is 10.2. The molecule has 1 saturated heterocycles. The molecule has 2 aliphatic rings. The summed E-state index contributed by atoms with van der Waals surface area (Å²) in [6.07, 6.45) is -1.32. The summed E-state index contributed by atoms with van der Waals surface area (Å²) >= 11 is 3.12. The van der Waals surface area contributed by atoms with Gasteiger partial charge in [0.1, 0.15) is 4.48 Å². The van der Waals surface area contributed by atoms with Crippen LogP contribution in [-0.2, 0) is 14.3 Å². The first-order chi connectivity index (χ1) is 10.6. The smallest absolute Gasteiger partial charge is 0.348 e. The Labute approximate surface area is 135 Å². The van der Waals surface area contributed by atoms with E-state index in [4.69, 9.17) is 9.47 Å². The molecule has 1 fully saturated rings. The van der Waals surface area contributed by atoms with Gasteiger partial charge >= 0.3 is 5.97 Å². The lowest BCUT2D eigenvalue weighted by Gasteiger charge is -2.27. The highest BCUT2D eigenvalue weighted by molar-refractivity contribution is 9.12. The van der Waals surface area contributed by atoms with E-state index < -0.39 is 12.3 Å². The minimum Gasteiger partial charge on any atom is -0.427 e. The molecule has 0 radical (unpaired) electrons. The van der Waals surface area contributed by atoms with Gasteiger partial charge in [-0.2, -0.15) is 0 Å². The summed E-state index contributed by atoms with van der Waals surface area (Å²) in [4.78, 5) is 25.7. The van der Waals surface area contributed by atoms with Crippen molar-refractivity contribution in [1.82, 2.24) is 4.90 Å². The lowest BCUT2D eigenvalue weighted by atomic mass is 10.0. The van der Waals surface area contributed by atoms with Crippen molar-refractivity contribution < 1.29 is 24.2 Å². The Morgan fingerprint density at radius 1 is 1.32 bits per heavy atom. The van der Waals surface area contributed by atoms with Crippen molar-refractivity contribution >= 4 is 33.4 Å². The van der Waals surface area contributed by atoms with E-state index in [2.05, 4.69) is 15.9 Å². The van der Waals surface area contributed by atoms with Crippen LogP contribution in [0.1, 0.15) is 15.9 Å². The number of carbonyl (C=O) groups excluding carboxylic acids is 2. The Kier molecular flexibility index (Phi) is 4.28. The number of amides is 1. The van der Waals surface area contributed by atoms with Crippen molar-refractivity contribution in [3.8, 4) is 0 Å². The van der Waals surface area contributed by atoms with Gasteiger partial charge in [0, 0.05) is 24.2 Å². The van der Waals surface area contributed by atoms with Crippen molar-refractivity contribution in [3.63, 3.8) is 0 Å². The molecule has 1 unspecified atom stereocenters. The second-order valence-electron chi connectivity index (χ2n) is 4.97. The van der Waals surface area contributed by atoms with Gasteiger partial charge in [-0.15, -0.1) is 0 Å². The normalized spacial score (nSPS) is 22.0. The van der Waals surface area contributed by atoms with Crippen LogP contribution in [0, 0.1) is 0 Å². The topological polar surface area (TPSA) is 76.1 Å². The minimum atomic E-state index is -1.32. The summed E-state index contributed by atoms with van der Waals surface area (Å²) in [6.45, 7) is 2.17. The fraction of sp³-hybridized carbons (Fsp3) is 0.333. The Hall–Kier alpha value is -1.70. The van der Waals surface area contributed by atoms with Crippen molar-refractivity contribution in [2.75, 3.05) is 26.3 Å². The number of carbonyl (C=O) groups is 2. The van der Waals surface area contributed by atoms with Crippen LogP contribution in [0.15, 0.2) is 28.7 Å². The molecule has 1 atom stereocenters. The predicted octanol–water partition coefficient (Wildman–Crippen LogP) is 1.14. The van der Waals surface area contributed by atoms with Gasteiger partial charge < -0.3 is 19.5 Å². The van der Waals surface area contributed by atoms with Crippen LogP contribution >= 0.6 is 15.9 Å². The van der Waals surface area contributed by atoms with Gasteiger partial charge in [-0.3, -0.25) is 4.79 Å². The Morgan fingerprint density at radius 2 is 2.05 bits per heavy atom. The minimum absolute atomic E-state index is 0.0957. The Bertz CT molecular complexity index is 651. The molecule has 2 aliphatic heterocycles. The molecular weight excluding hydrogens is 354 g/mol. The summed E-state index contributed by atoms with van der Waals surface area (Å²) in [7, 11) is 0. The van der Waals surface area contributed by atoms with Crippen molar-refractivity contribution in [1.29, 1.82) is 0 Å². The molecule has 22 heavy (non-hydrogen) atoms. The number of aliphatic hydroxyl groups is 1. The first kappa shape index (κ1) is 15.2. The van der Waals surface area contributed by atoms with E-state index in [1.54, 1.807) is 29.2 Å². The number of nitrogens with zero attached hydrogens (tertiary/aromatic N) is 1. The van der Waals surface area contributed by atoms with Crippen LogP contribution < -0.4 is 0 Å². The van der Waals surface area contributed by atoms with Crippen LogP contribution in [0.4, 0.5) is 0 Å². The van der Waals surface area contributed by atoms with Crippen LogP contribution in [0.25, 0.3) is 5.57 Å². The molecule has 0 aromatic heterocycles. The summed E-state index contributed by atoms with van der Waals surface area (Å²) in [5, 5.41) is 9.82. The number of hydrogen-bond acceptors (Lipinski definition) is 5. The average molecular weight is 368 g/mol. The predicted molar refractivity (Wildman–Crippen MR) is 81.1 cm³/mol. The van der Waals surface area contributed by atoms with E-state index in [9.17, 15) is 14.7 Å². The van der Waals surface area contributed by atoms with Gasteiger partial charge in [-0.05, 0) is 33.6 Å². The lowest BCUT2D eigenvalue weighted by molar-refractivity contribution is -0.149. The zero-order valence-corrected chi connectivity index (χ0v) is 13.2. The maximum atomic E-state index is 12.5. The molecule has 7 heteroatoms. The third-order valence-corrected chi connectivity index (χ3v) is 4.35. The van der Waals surface area contributed by atoms with E-state index in [0.717, 1.165) is 0 Å². The zero-order chi connectivity index (χ0) is 15.7. The van der Waals surface area contributed by atoms with Crippen molar-refractivity contribution in [3.05, 3.63) is 39.9 Å². The second-order valence-corrected chi connectivity index (χ2v) is 5.76. The highest BCUT2D eigenvalue weighted by atomic mass is 79.9. The molecule has 1 N–H and O–H groups in total. The van der Waals surface area contributed by atoms with Gasteiger partial charge in [-0.1, -0.05) is 12.1 Å². The molecule has 6 nitrogen and oxygen atoms in total. The lowest BCUT2D eigenvalue weighted by Crippen LogP contribution is -2.40. The highest BCUT2D eigenvalue weighted by Crippen LogP contribution is 2.34. The van der Waals surface area contributed by atoms with E-state index in [1.807, 2.05) is 0 Å². The summed E-state index contributed by atoms with van der Waals surface area (Å²) in [5.74, 6) is -0.714. The molecule has 0 spiro atoms. The summed E-state index contributed by atoms with van der Waals surface area (Å²) in [6, 6.07) is 6.79. The Balaban J connectivity index is 1.90. The SMILES string of the molecule is O=C1OC(O)C(c2cccc(C(=O)N3CCOCC3)c2)=C1Br.